The lowest BCUT2D eigenvalue weighted by molar-refractivity contribution is -0.0459. The summed E-state index contributed by atoms with van der Waals surface area (Å²) in [5.74, 6) is -0.601. The number of carbonyl (C=O) groups is 1. The average Bonchev–Trinajstić information content (AvgIpc) is 3.03. The van der Waals surface area contributed by atoms with Crippen LogP contribution in [0.5, 0.6) is 0 Å². The molecule has 3 rings (SSSR count). The largest absolute Gasteiger partial charge is 0.394 e. The normalized spacial score (nSPS) is 26.2. The molecule has 27 heavy (non-hydrogen) atoms. The lowest BCUT2D eigenvalue weighted by Crippen LogP contribution is -2.43. The number of carbonyl (C=O) groups excluding carboxylic acids is 1. The van der Waals surface area contributed by atoms with Crippen LogP contribution >= 0.6 is 0 Å². The third kappa shape index (κ3) is 4.62. The molecule has 2 aliphatic heterocycles. The number of aliphatic hydroxyl groups excluding tert-OH is 2. The van der Waals surface area contributed by atoms with Gasteiger partial charge in [-0.25, -0.2) is 4.79 Å². The second-order valence-electron chi connectivity index (χ2n) is 6.53. The summed E-state index contributed by atoms with van der Waals surface area (Å²) in [6.07, 6.45) is -1.44. The van der Waals surface area contributed by atoms with Crippen LogP contribution < -0.4 is 16.6 Å². The van der Waals surface area contributed by atoms with Gasteiger partial charge in [0.25, 0.3) is 11.5 Å². The quantitative estimate of drug-likeness (QED) is 0.413. The number of aromatic amines is 1. The Hall–Kier alpha value is -2.05. The van der Waals surface area contributed by atoms with E-state index in [2.05, 4.69) is 15.2 Å². The summed E-state index contributed by atoms with van der Waals surface area (Å²) < 4.78 is 11.7. The van der Waals surface area contributed by atoms with Gasteiger partial charge in [0.2, 0.25) is 0 Å². The van der Waals surface area contributed by atoms with Crippen molar-refractivity contribution in [2.24, 2.45) is 0 Å². The summed E-state index contributed by atoms with van der Waals surface area (Å²) in [7, 11) is 0. The van der Waals surface area contributed by atoms with Crippen molar-refractivity contribution >= 4 is 5.91 Å². The number of rotatable bonds is 6. The lowest BCUT2D eigenvalue weighted by Gasteiger charge is -2.26. The maximum atomic E-state index is 12.4. The van der Waals surface area contributed by atoms with Crippen LogP contribution in [0.3, 0.4) is 0 Å². The summed E-state index contributed by atoms with van der Waals surface area (Å²) in [6.45, 7) is 3.46. The molecule has 0 aromatic carbocycles. The van der Waals surface area contributed by atoms with E-state index in [4.69, 9.17) is 14.6 Å². The van der Waals surface area contributed by atoms with Gasteiger partial charge in [0, 0.05) is 38.8 Å². The number of nitrogens with zero attached hydrogens (tertiary/aromatic N) is 2. The summed E-state index contributed by atoms with van der Waals surface area (Å²) in [5, 5.41) is 21.6. The number of aromatic nitrogens is 2. The number of hydrogen-bond donors (Lipinski definition) is 4. The summed E-state index contributed by atoms with van der Waals surface area (Å²) in [6, 6.07) is 0. The number of H-pyrrole nitrogens is 1. The zero-order valence-corrected chi connectivity index (χ0v) is 14.8. The second kappa shape index (κ2) is 8.76. The van der Waals surface area contributed by atoms with E-state index in [-0.39, 0.29) is 12.0 Å². The molecular formula is C16H24N4O7. The molecular weight excluding hydrogens is 360 g/mol. The van der Waals surface area contributed by atoms with E-state index < -0.39 is 42.2 Å². The Labute approximate surface area is 154 Å². The van der Waals surface area contributed by atoms with Crippen molar-refractivity contribution < 1.29 is 24.5 Å². The molecule has 11 nitrogen and oxygen atoms in total. The summed E-state index contributed by atoms with van der Waals surface area (Å²) >= 11 is 0. The van der Waals surface area contributed by atoms with Crippen LogP contribution in [0, 0.1) is 0 Å². The van der Waals surface area contributed by atoms with Gasteiger partial charge in [0.1, 0.15) is 17.9 Å². The van der Waals surface area contributed by atoms with Crippen LogP contribution in [0.1, 0.15) is 23.0 Å². The predicted molar refractivity (Wildman–Crippen MR) is 92.5 cm³/mol. The Morgan fingerprint density at radius 3 is 2.74 bits per heavy atom. The minimum absolute atomic E-state index is 0.0647. The number of morpholine rings is 1. The first-order valence-corrected chi connectivity index (χ1v) is 8.87. The van der Waals surface area contributed by atoms with Gasteiger partial charge in [-0.15, -0.1) is 0 Å². The molecule has 2 fully saturated rings. The van der Waals surface area contributed by atoms with Gasteiger partial charge in [0.15, 0.2) is 0 Å². The molecule has 0 unspecified atom stereocenters. The molecule has 1 aromatic heterocycles. The smallest absolute Gasteiger partial charge is 0.330 e. The van der Waals surface area contributed by atoms with Crippen LogP contribution in [0.2, 0.25) is 0 Å². The molecule has 0 bridgehead atoms. The van der Waals surface area contributed by atoms with Gasteiger partial charge in [-0.1, -0.05) is 0 Å². The molecule has 1 aromatic rings. The zero-order chi connectivity index (χ0) is 19.4. The van der Waals surface area contributed by atoms with Crippen molar-refractivity contribution in [1.29, 1.82) is 0 Å². The van der Waals surface area contributed by atoms with Crippen LogP contribution in [-0.4, -0.2) is 88.8 Å². The van der Waals surface area contributed by atoms with Gasteiger partial charge < -0.3 is 25.0 Å². The molecule has 150 valence electrons. The van der Waals surface area contributed by atoms with Crippen LogP contribution in [0.25, 0.3) is 0 Å². The predicted octanol–water partition coefficient (Wildman–Crippen LogP) is -2.76. The lowest BCUT2D eigenvalue weighted by atomic mass is 10.2. The number of ether oxygens (including phenoxy) is 2. The van der Waals surface area contributed by atoms with E-state index >= 15 is 0 Å². The molecule has 2 aliphatic rings. The fraction of sp³-hybridized carbons (Fsp3) is 0.688. The molecule has 0 radical (unpaired) electrons. The molecule has 1 amide bonds. The molecule has 3 atom stereocenters. The maximum absolute atomic E-state index is 12.4. The number of nitrogens with one attached hydrogen (secondary N) is 2. The van der Waals surface area contributed by atoms with Crippen molar-refractivity contribution in [2.45, 2.75) is 24.9 Å². The fourth-order valence-corrected chi connectivity index (χ4v) is 3.16. The first-order valence-electron chi connectivity index (χ1n) is 8.87. The van der Waals surface area contributed by atoms with Gasteiger partial charge in [-0.2, -0.15) is 0 Å². The SMILES string of the molecule is O=C(NCCN1CCOCC1)c1cn([C@H]2C[C@@H](O)[C@@H](CO)O2)c(=O)[nH]c1=O. The Morgan fingerprint density at radius 1 is 1.33 bits per heavy atom. The van der Waals surface area contributed by atoms with E-state index in [1.54, 1.807) is 0 Å². The van der Waals surface area contributed by atoms with Crippen molar-refractivity contribution in [3.05, 3.63) is 32.6 Å². The van der Waals surface area contributed by atoms with Crippen LogP contribution in [0.15, 0.2) is 15.8 Å². The first kappa shape index (κ1) is 19.7. The maximum Gasteiger partial charge on any atom is 0.330 e. The highest BCUT2D eigenvalue weighted by molar-refractivity contribution is 5.93. The molecule has 11 heteroatoms. The molecule has 2 saturated heterocycles. The molecule has 4 N–H and O–H groups in total. The van der Waals surface area contributed by atoms with E-state index in [9.17, 15) is 19.5 Å². The van der Waals surface area contributed by atoms with Crippen molar-refractivity contribution in [3.63, 3.8) is 0 Å². The number of aliphatic hydroxyl groups is 2. The Kier molecular flexibility index (Phi) is 6.39. The van der Waals surface area contributed by atoms with Crippen molar-refractivity contribution in [1.82, 2.24) is 19.8 Å². The highest BCUT2D eigenvalue weighted by Gasteiger charge is 2.35. The van der Waals surface area contributed by atoms with E-state index in [0.29, 0.717) is 26.3 Å². The molecule has 0 saturated carbocycles. The zero-order valence-electron chi connectivity index (χ0n) is 14.8. The third-order valence-corrected chi connectivity index (χ3v) is 4.72. The topological polar surface area (TPSA) is 146 Å². The van der Waals surface area contributed by atoms with Crippen LogP contribution in [0.4, 0.5) is 0 Å². The van der Waals surface area contributed by atoms with Gasteiger partial charge >= 0.3 is 5.69 Å². The number of hydrogen-bond acceptors (Lipinski definition) is 8. The fourth-order valence-electron chi connectivity index (χ4n) is 3.16. The Balaban J connectivity index is 1.67. The molecule has 0 spiro atoms. The van der Waals surface area contributed by atoms with Crippen molar-refractivity contribution in [2.75, 3.05) is 46.0 Å². The first-order chi connectivity index (χ1) is 13.0. The number of amides is 1. The van der Waals surface area contributed by atoms with Crippen molar-refractivity contribution in [3.8, 4) is 0 Å². The third-order valence-electron chi connectivity index (χ3n) is 4.72. The summed E-state index contributed by atoms with van der Waals surface area (Å²) in [5.41, 5.74) is -1.76. The van der Waals surface area contributed by atoms with Crippen LogP contribution in [-0.2, 0) is 9.47 Å². The average molecular weight is 384 g/mol. The Bertz CT molecular complexity index is 771. The van der Waals surface area contributed by atoms with E-state index in [1.165, 1.54) is 0 Å². The van der Waals surface area contributed by atoms with E-state index in [1.807, 2.05) is 0 Å². The second-order valence-corrected chi connectivity index (χ2v) is 6.53. The Morgan fingerprint density at radius 2 is 2.07 bits per heavy atom. The molecule has 3 heterocycles. The monoisotopic (exact) mass is 384 g/mol. The highest BCUT2D eigenvalue weighted by atomic mass is 16.5. The van der Waals surface area contributed by atoms with Gasteiger partial charge in [-0.3, -0.25) is 24.0 Å². The highest BCUT2D eigenvalue weighted by Crippen LogP contribution is 2.27. The molecule has 0 aliphatic carbocycles. The van der Waals surface area contributed by atoms with E-state index in [0.717, 1.165) is 23.9 Å². The standard InChI is InChI=1S/C16H24N4O7/c21-9-12-11(22)7-13(27-12)20-8-10(15(24)18-16(20)25)14(23)17-1-2-19-3-5-26-6-4-19/h8,11-13,21-22H,1-7,9H2,(H,17,23)(H,18,24,25)/t11-,12-,13-/m1/s1. The van der Waals surface area contributed by atoms with Gasteiger partial charge in [-0.05, 0) is 0 Å². The van der Waals surface area contributed by atoms with Gasteiger partial charge in [0.05, 0.1) is 25.9 Å². The minimum atomic E-state index is -0.940. The minimum Gasteiger partial charge on any atom is -0.394 e. The summed E-state index contributed by atoms with van der Waals surface area (Å²) in [4.78, 5) is 40.6.